The van der Waals surface area contributed by atoms with E-state index in [-0.39, 0.29) is 18.0 Å². The van der Waals surface area contributed by atoms with E-state index in [1.165, 1.54) is 0 Å². The Morgan fingerprint density at radius 1 is 1.26 bits per heavy atom. The molecule has 23 heavy (non-hydrogen) atoms. The molecule has 7 heteroatoms. The highest BCUT2D eigenvalue weighted by atomic mass is 31.2. The van der Waals surface area contributed by atoms with Crippen LogP contribution in [-0.2, 0) is 13.8 Å². The maximum Gasteiger partial charge on any atom is 0.259 e. The monoisotopic (exact) mass is 343 g/mol. The van der Waals surface area contributed by atoms with Gasteiger partial charge in [-0.05, 0) is 41.0 Å². The highest BCUT2D eigenvalue weighted by Crippen LogP contribution is 2.45. The van der Waals surface area contributed by atoms with Crippen molar-refractivity contribution >= 4 is 14.4 Å². The number of nitriles is 1. The number of hydrogen-bond donors (Lipinski definition) is 1. The molecule has 0 bridgehead atoms. The van der Waals surface area contributed by atoms with Gasteiger partial charge in [-0.1, -0.05) is 6.58 Å². The topological polar surface area (TPSA) is 74.6 Å². The fraction of sp³-hybridized carbons (Fsp3) is 0.750. The van der Waals surface area contributed by atoms with Crippen LogP contribution in [0.5, 0.6) is 0 Å². The Labute approximate surface area is 141 Å². The van der Waals surface area contributed by atoms with Crippen LogP contribution in [0.2, 0.25) is 0 Å². The summed E-state index contributed by atoms with van der Waals surface area (Å²) >= 11 is 0. The van der Waals surface area contributed by atoms with Crippen molar-refractivity contribution in [2.45, 2.75) is 59.5 Å². The van der Waals surface area contributed by atoms with Gasteiger partial charge in [-0.2, -0.15) is 5.26 Å². The van der Waals surface area contributed by atoms with Crippen LogP contribution < -0.4 is 5.32 Å². The molecule has 1 unspecified atom stereocenters. The number of nitrogens with zero attached hydrogens (tertiary/aromatic N) is 2. The molecule has 1 atom stereocenters. The van der Waals surface area contributed by atoms with E-state index in [0.717, 1.165) is 0 Å². The third-order valence-corrected chi connectivity index (χ3v) is 4.97. The molecule has 0 saturated heterocycles. The highest BCUT2D eigenvalue weighted by molar-refractivity contribution is 7.44. The molecule has 0 heterocycles. The van der Waals surface area contributed by atoms with Gasteiger partial charge in [0.05, 0.1) is 25.7 Å². The van der Waals surface area contributed by atoms with Crippen molar-refractivity contribution in [2.24, 2.45) is 0 Å². The van der Waals surface area contributed by atoms with Crippen LogP contribution in [0.25, 0.3) is 0 Å². The zero-order valence-corrected chi connectivity index (χ0v) is 15.9. The van der Waals surface area contributed by atoms with E-state index in [9.17, 15) is 4.79 Å². The average Bonchev–Trinajstić information content (AvgIpc) is 2.45. The van der Waals surface area contributed by atoms with Crippen molar-refractivity contribution in [1.29, 1.82) is 5.26 Å². The van der Waals surface area contributed by atoms with Gasteiger partial charge >= 0.3 is 0 Å². The SMILES string of the molecule is C=C(C)C(=O)NCCCOP(OCCC#N)N(C(C)C)C(C)C. The molecule has 0 aromatic carbocycles. The number of hydrogen-bond acceptors (Lipinski definition) is 5. The molecule has 0 fully saturated rings. The number of carbonyl (C=O) groups excluding carboxylic acids is 1. The van der Waals surface area contributed by atoms with Crippen LogP contribution in [0.4, 0.5) is 0 Å². The van der Waals surface area contributed by atoms with Crippen LogP contribution in [0, 0.1) is 11.3 Å². The van der Waals surface area contributed by atoms with Gasteiger partial charge in [0.2, 0.25) is 5.91 Å². The first-order valence-corrected chi connectivity index (χ1v) is 9.09. The Balaban J connectivity index is 4.38. The van der Waals surface area contributed by atoms with E-state index >= 15 is 0 Å². The van der Waals surface area contributed by atoms with Crippen LogP contribution in [0.1, 0.15) is 47.5 Å². The molecule has 1 amide bonds. The molecule has 0 saturated carbocycles. The predicted octanol–water partition coefficient (Wildman–Crippen LogP) is 3.36. The van der Waals surface area contributed by atoms with Gasteiger partial charge in [0.25, 0.3) is 8.53 Å². The first-order chi connectivity index (χ1) is 10.8. The lowest BCUT2D eigenvalue weighted by atomic mass is 10.3. The molecule has 0 aliphatic heterocycles. The average molecular weight is 343 g/mol. The van der Waals surface area contributed by atoms with E-state index < -0.39 is 8.53 Å². The molecule has 6 nitrogen and oxygen atoms in total. The third kappa shape index (κ3) is 9.68. The smallest absolute Gasteiger partial charge is 0.259 e. The Hall–Kier alpha value is -0.990. The van der Waals surface area contributed by atoms with E-state index in [0.29, 0.717) is 38.2 Å². The summed E-state index contributed by atoms with van der Waals surface area (Å²) < 4.78 is 13.9. The molecular formula is C16H30N3O3P. The largest absolute Gasteiger partial charge is 0.352 e. The van der Waals surface area contributed by atoms with Gasteiger partial charge in [0.1, 0.15) is 0 Å². The van der Waals surface area contributed by atoms with Crippen molar-refractivity contribution in [2.75, 3.05) is 19.8 Å². The van der Waals surface area contributed by atoms with E-state index in [1.807, 2.05) is 0 Å². The summed E-state index contributed by atoms with van der Waals surface area (Å²) in [7, 11) is -1.21. The predicted molar refractivity (Wildman–Crippen MR) is 93.6 cm³/mol. The molecule has 0 aromatic rings. The molecule has 0 radical (unpaired) electrons. The zero-order chi connectivity index (χ0) is 17.8. The van der Waals surface area contributed by atoms with Gasteiger partial charge in [-0.25, -0.2) is 4.67 Å². The van der Waals surface area contributed by atoms with E-state index in [4.69, 9.17) is 14.3 Å². The standard InChI is InChI=1S/C16H30N3O3P/c1-13(2)16(20)18-10-8-12-22-23(21-11-7-9-17)19(14(3)4)15(5)6/h14-15H,1,7-8,10-12H2,2-6H3,(H,18,20). The van der Waals surface area contributed by atoms with Crippen LogP contribution in [0.3, 0.4) is 0 Å². The molecule has 0 aliphatic rings. The van der Waals surface area contributed by atoms with Crippen LogP contribution in [-0.4, -0.2) is 42.4 Å². The van der Waals surface area contributed by atoms with Crippen molar-refractivity contribution in [3.63, 3.8) is 0 Å². The summed E-state index contributed by atoms with van der Waals surface area (Å²) in [4.78, 5) is 11.4. The minimum absolute atomic E-state index is 0.136. The second-order valence-electron chi connectivity index (χ2n) is 5.77. The van der Waals surface area contributed by atoms with Gasteiger partial charge < -0.3 is 14.4 Å². The molecule has 132 valence electrons. The van der Waals surface area contributed by atoms with Crippen LogP contribution in [0.15, 0.2) is 12.2 Å². The molecule has 0 aromatic heterocycles. The second-order valence-corrected chi connectivity index (χ2v) is 7.22. The summed E-state index contributed by atoms with van der Waals surface area (Å²) in [5, 5.41) is 11.4. The maximum absolute atomic E-state index is 11.4. The zero-order valence-electron chi connectivity index (χ0n) is 15.0. The van der Waals surface area contributed by atoms with Crippen molar-refractivity contribution in [1.82, 2.24) is 9.99 Å². The Kier molecular flexibility index (Phi) is 11.9. The molecule has 1 N–H and O–H groups in total. The van der Waals surface area contributed by atoms with Gasteiger partial charge in [0, 0.05) is 24.2 Å². The molecule has 0 aliphatic carbocycles. The first-order valence-electron chi connectivity index (χ1n) is 7.96. The van der Waals surface area contributed by atoms with Crippen LogP contribution >= 0.6 is 8.53 Å². The van der Waals surface area contributed by atoms with Gasteiger partial charge in [0.15, 0.2) is 0 Å². The number of rotatable bonds is 12. The van der Waals surface area contributed by atoms with Crippen molar-refractivity contribution in [3.8, 4) is 6.07 Å². The molecule has 0 spiro atoms. The van der Waals surface area contributed by atoms with Gasteiger partial charge in [-0.3, -0.25) is 4.79 Å². The van der Waals surface area contributed by atoms with E-state index in [1.54, 1.807) is 6.92 Å². The summed E-state index contributed by atoms with van der Waals surface area (Å²) in [5.41, 5.74) is 0.499. The van der Waals surface area contributed by atoms with E-state index in [2.05, 4.69) is 50.3 Å². The molecule has 0 rings (SSSR count). The second kappa shape index (κ2) is 12.4. The summed E-state index contributed by atoms with van der Waals surface area (Å²) in [5.74, 6) is -0.136. The van der Waals surface area contributed by atoms with Crippen molar-refractivity contribution < 1.29 is 13.8 Å². The quantitative estimate of drug-likeness (QED) is 0.334. The highest BCUT2D eigenvalue weighted by Gasteiger charge is 2.26. The van der Waals surface area contributed by atoms with Crippen molar-refractivity contribution in [3.05, 3.63) is 12.2 Å². The Morgan fingerprint density at radius 3 is 2.30 bits per heavy atom. The lowest BCUT2D eigenvalue weighted by molar-refractivity contribution is -0.117. The fourth-order valence-electron chi connectivity index (χ4n) is 1.88. The molecular weight excluding hydrogens is 313 g/mol. The lowest BCUT2D eigenvalue weighted by Crippen LogP contribution is -2.34. The lowest BCUT2D eigenvalue weighted by Gasteiger charge is -2.35. The summed E-state index contributed by atoms with van der Waals surface area (Å²) in [6, 6.07) is 2.64. The minimum atomic E-state index is -1.21. The maximum atomic E-state index is 11.4. The fourth-order valence-corrected chi connectivity index (χ4v) is 3.51. The third-order valence-electron chi connectivity index (χ3n) is 2.86. The summed E-state index contributed by atoms with van der Waals surface area (Å²) in [6.07, 6.45) is 1.05. The van der Waals surface area contributed by atoms with Gasteiger partial charge in [-0.15, -0.1) is 0 Å². The first kappa shape index (κ1) is 22.0. The number of amides is 1. The summed E-state index contributed by atoms with van der Waals surface area (Å²) in [6.45, 7) is 15.1. The Morgan fingerprint density at radius 2 is 1.83 bits per heavy atom. The Bertz CT molecular complexity index is 400. The normalized spacial score (nSPS) is 12.5. The minimum Gasteiger partial charge on any atom is -0.352 e. The number of nitrogens with one attached hydrogen (secondary N) is 1. The number of carbonyl (C=O) groups is 1.